The van der Waals surface area contributed by atoms with Gasteiger partial charge in [0.1, 0.15) is 7.05 Å². The summed E-state index contributed by atoms with van der Waals surface area (Å²) >= 11 is 0. The molecule has 0 radical (unpaired) electrons. The highest BCUT2D eigenvalue weighted by atomic mass is 15.0. The first-order valence-electron chi connectivity index (χ1n) is 14.1. The van der Waals surface area contributed by atoms with Gasteiger partial charge in [-0.2, -0.15) is 4.58 Å². The Morgan fingerprint density at radius 2 is 1.13 bits per heavy atom. The maximum Gasteiger partial charge on any atom is 0.242 e. The van der Waals surface area contributed by atoms with Crippen LogP contribution in [0.15, 0.2) is 78.9 Å². The summed E-state index contributed by atoms with van der Waals surface area (Å²) in [7, 11) is 2.18. The lowest BCUT2D eigenvalue weighted by Crippen LogP contribution is -2.55. The summed E-state index contributed by atoms with van der Waals surface area (Å²) in [5.74, 6) is 0. The molecular formula is C37H41BN+. The minimum Gasteiger partial charge on any atom is -0.198 e. The van der Waals surface area contributed by atoms with E-state index in [1.807, 2.05) is 0 Å². The minimum absolute atomic E-state index is 0.0200. The van der Waals surface area contributed by atoms with Gasteiger partial charge in [0.15, 0.2) is 5.71 Å². The van der Waals surface area contributed by atoms with Gasteiger partial charge in [-0.15, -0.1) is 0 Å². The molecule has 39 heavy (non-hydrogen) atoms. The van der Waals surface area contributed by atoms with E-state index in [9.17, 15) is 0 Å². The second kappa shape index (κ2) is 10.2. The van der Waals surface area contributed by atoms with Crippen LogP contribution in [0.2, 0.25) is 0 Å². The molecule has 1 nitrogen and oxygen atoms in total. The Bertz CT molecular complexity index is 1530. The number of fused-ring (bicyclic) bond motifs is 1. The molecule has 4 aromatic rings. The van der Waals surface area contributed by atoms with E-state index in [1.165, 1.54) is 72.3 Å². The number of hydrogen-bond donors (Lipinski definition) is 0. The highest BCUT2D eigenvalue weighted by molar-refractivity contribution is 6.96. The van der Waals surface area contributed by atoms with E-state index in [0.717, 1.165) is 0 Å². The van der Waals surface area contributed by atoms with Crippen LogP contribution in [-0.4, -0.2) is 24.0 Å². The first-order valence-corrected chi connectivity index (χ1v) is 14.1. The van der Waals surface area contributed by atoms with Crippen molar-refractivity contribution in [2.45, 2.75) is 60.8 Å². The van der Waals surface area contributed by atoms with Crippen molar-refractivity contribution in [2.24, 2.45) is 0 Å². The van der Waals surface area contributed by atoms with Crippen LogP contribution in [0.5, 0.6) is 0 Å². The van der Waals surface area contributed by atoms with Gasteiger partial charge >= 0.3 is 0 Å². The molecule has 0 amide bonds. The number of rotatable bonds is 5. The molecule has 0 N–H and O–H groups in total. The van der Waals surface area contributed by atoms with Gasteiger partial charge in [-0.1, -0.05) is 116 Å². The summed E-state index contributed by atoms with van der Waals surface area (Å²) in [6.07, 6.45) is 4.57. The van der Waals surface area contributed by atoms with Crippen molar-refractivity contribution in [3.05, 3.63) is 123 Å². The zero-order valence-corrected chi connectivity index (χ0v) is 25.1. The van der Waals surface area contributed by atoms with Gasteiger partial charge in [-0.3, -0.25) is 0 Å². The van der Waals surface area contributed by atoms with Crippen molar-refractivity contribution in [1.82, 2.24) is 0 Å². The van der Waals surface area contributed by atoms with Crippen LogP contribution < -0.4 is 16.4 Å². The molecule has 0 bridgehead atoms. The third kappa shape index (κ3) is 4.82. The molecule has 0 spiro atoms. The number of allylic oxidation sites excluding steroid dienone is 1. The van der Waals surface area contributed by atoms with Gasteiger partial charge in [0.2, 0.25) is 12.4 Å². The van der Waals surface area contributed by atoms with Crippen LogP contribution in [0.3, 0.4) is 0 Å². The van der Waals surface area contributed by atoms with Crippen LogP contribution in [0.1, 0.15) is 58.4 Å². The number of para-hydroxylation sites is 1. The highest BCUT2D eigenvalue weighted by Gasteiger charge is 2.42. The molecule has 5 rings (SSSR count). The quantitative estimate of drug-likeness (QED) is 0.206. The fourth-order valence-corrected chi connectivity index (χ4v) is 7.05. The fraction of sp³-hybridized carbons (Fsp3) is 0.270. The van der Waals surface area contributed by atoms with E-state index in [4.69, 9.17) is 0 Å². The maximum absolute atomic E-state index is 2.34. The molecule has 0 atom stereocenters. The molecule has 1 heterocycles. The molecule has 196 valence electrons. The number of aryl methyl sites for hydroxylation is 6. The Morgan fingerprint density at radius 1 is 0.641 bits per heavy atom. The van der Waals surface area contributed by atoms with Crippen LogP contribution in [-0.2, 0) is 5.41 Å². The summed E-state index contributed by atoms with van der Waals surface area (Å²) in [5.41, 5.74) is 17.5. The third-order valence-electron chi connectivity index (χ3n) is 8.70. The number of hydrogen-bond acceptors (Lipinski definition) is 0. The lowest BCUT2D eigenvalue weighted by atomic mass is 9.34. The van der Waals surface area contributed by atoms with Crippen molar-refractivity contribution in [2.75, 3.05) is 7.05 Å². The molecule has 1 aliphatic rings. The summed E-state index contributed by atoms with van der Waals surface area (Å²) in [5, 5.41) is 0. The Morgan fingerprint density at radius 3 is 1.62 bits per heavy atom. The number of nitrogens with zero attached hydrogens (tertiary/aromatic N) is 1. The number of benzene rings is 4. The lowest BCUT2D eigenvalue weighted by molar-refractivity contribution is -0.401. The Labute approximate surface area is 236 Å². The van der Waals surface area contributed by atoms with Gasteiger partial charge in [0, 0.05) is 17.7 Å². The van der Waals surface area contributed by atoms with Crippen LogP contribution in [0, 0.1) is 41.5 Å². The smallest absolute Gasteiger partial charge is 0.198 e. The average Bonchev–Trinajstić information content (AvgIpc) is 3.06. The predicted molar refractivity (Wildman–Crippen MR) is 172 cm³/mol. The molecule has 0 unspecified atom stereocenters. The molecule has 0 saturated heterocycles. The Hall–Kier alpha value is -3.65. The maximum atomic E-state index is 2.34. The molecule has 4 aromatic carbocycles. The normalized spacial score (nSPS) is 14.3. The molecule has 0 saturated carbocycles. The van der Waals surface area contributed by atoms with Gasteiger partial charge in [-0.05, 0) is 67.0 Å². The zero-order valence-electron chi connectivity index (χ0n) is 25.1. The molecule has 2 heteroatoms. The van der Waals surface area contributed by atoms with Gasteiger partial charge < -0.3 is 0 Å². The molecule has 0 aromatic heterocycles. The van der Waals surface area contributed by atoms with Gasteiger partial charge in [-0.25, -0.2) is 0 Å². The monoisotopic (exact) mass is 510 g/mol. The largest absolute Gasteiger partial charge is 0.242 e. The first kappa shape index (κ1) is 26.9. The summed E-state index contributed by atoms with van der Waals surface area (Å²) in [6.45, 7) is 18.3. The van der Waals surface area contributed by atoms with Crippen LogP contribution in [0.25, 0.3) is 6.08 Å². The predicted octanol–water partition coefficient (Wildman–Crippen LogP) is 6.77. The van der Waals surface area contributed by atoms with E-state index >= 15 is 0 Å². The molecule has 0 fully saturated rings. The zero-order chi connectivity index (χ0) is 28.1. The summed E-state index contributed by atoms with van der Waals surface area (Å²) in [4.78, 5) is 0. The van der Waals surface area contributed by atoms with Crippen molar-refractivity contribution in [1.29, 1.82) is 0 Å². The van der Waals surface area contributed by atoms with E-state index in [2.05, 4.69) is 152 Å². The fourth-order valence-electron chi connectivity index (χ4n) is 7.05. The van der Waals surface area contributed by atoms with Gasteiger partial charge in [0.25, 0.3) is 0 Å². The Kier molecular flexibility index (Phi) is 7.01. The van der Waals surface area contributed by atoms with Crippen LogP contribution in [0.4, 0.5) is 5.69 Å². The SMILES string of the molecule is Cc1cc(C)c(B(c2ccc(/C=C/C3=[N+](C)c4ccccc4C3(C)C)cc2)c2c(C)cc(C)cc2C)c(C)c1. The first-order chi connectivity index (χ1) is 18.5. The summed E-state index contributed by atoms with van der Waals surface area (Å²) < 4.78 is 2.34. The van der Waals surface area contributed by atoms with Crippen molar-refractivity contribution in [3.63, 3.8) is 0 Å². The molecule has 1 aliphatic heterocycles. The average molecular weight is 511 g/mol. The minimum atomic E-state index is -0.0200. The molecular weight excluding hydrogens is 469 g/mol. The Balaban J connectivity index is 1.56. The lowest BCUT2D eigenvalue weighted by Gasteiger charge is -2.24. The van der Waals surface area contributed by atoms with E-state index in [-0.39, 0.29) is 12.1 Å². The molecule has 0 aliphatic carbocycles. The van der Waals surface area contributed by atoms with E-state index < -0.39 is 0 Å². The van der Waals surface area contributed by atoms with E-state index in [0.29, 0.717) is 0 Å². The van der Waals surface area contributed by atoms with Crippen LogP contribution >= 0.6 is 0 Å². The second-order valence-corrected chi connectivity index (χ2v) is 12.1. The topological polar surface area (TPSA) is 3.01 Å². The van der Waals surface area contributed by atoms with Gasteiger partial charge in [0.05, 0.1) is 5.41 Å². The van der Waals surface area contributed by atoms with Crippen molar-refractivity contribution in [3.8, 4) is 0 Å². The van der Waals surface area contributed by atoms with E-state index in [1.54, 1.807) is 0 Å². The van der Waals surface area contributed by atoms with Crippen molar-refractivity contribution >= 4 is 40.6 Å². The standard InChI is InChI=1S/C37H41BN/c1-24-20-26(3)35(27(4)21-24)38(36-28(5)22-25(2)23-29(36)6)31-17-14-30(15-18-31)16-19-34-37(7,8)32-12-10-11-13-33(32)39(34)9/h10-23H,1-9H3/q+1/b19-16+. The second-order valence-electron chi connectivity index (χ2n) is 12.1. The summed E-state index contributed by atoms with van der Waals surface area (Å²) in [6, 6.07) is 27.3. The highest BCUT2D eigenvalue weighted by Crippen LogP contribution is 2.39. The third-order valence-corrected chi connectivity index (χ3v) is 8.70. The van der Waals surface area contributed by atoms with Crippen molar-refractivity contribution < 1.29 is 4.58 Å².